The van der Waals surface area contributed by atoms with Crippen LogP contribution >= 0.6 is 11.3 Å². The van der Waals surface area contributed by atoms with Gasteiger partial charge in [0.05, 0.1) is 24.2 Å². The molecule has 1 aliphatic heterocycles. The zero-order valence-corrected chi connectivity index (χ0v) is 16.2. The molecule has 0 unspecified atom stereocenters. The van der Waals surface area contributed by atoms with Crippen LogP contribution in [0.15, 0.2) is 33.9 Å². The van der Waals surface area contributed by atoms with Gasteiger partial charge in [-0.1, -0.05) is 0 Å². The summed E-state index contributed by atoms with van der Waals surface area (Å²) in [6, 6.07) is 5.24. The number of aromatic nitrogens is 2. The van der Waals surface area contributed by atoms with E-state index in [4.69, 9.17) is 4.74 Å². The van der Waals surface area contributed by atoms with E-state index >= 15 is 0 Å². The summed E-state index contributed by atoms with van der Waals surface area (Å²) in [5.41, 5.74) is 0.256. The predicted molar refractivity (Wildman–Crippen MR) is 104 cm³/mol. The Labute approximate surface area is 163 Å². The first-order valence-electron chi connectivity index (χ1n) is 8.86. The van der Waals surface area contributed by atoms with Crippen LogP contribution in [0, 0.1) is 5.82 Å². The van der Waals surface area contributed by atoms with Gasteiger partial charge in [0.25, 0.3) is 5.56 Å². The molecule has 4 rings (SSSR count). The number of amides is 1. The Morgan fingerprint density at radius 2 is 1.96 bits per heavy atom. The summed E-state index contributed by atoms with van der Waals surface area (Å²) in [6.07, 6.45) is 0.119. The second-order valence-corrected chi connectivity index (χ2v) is 7.60. The highest BCUT2D eigenvalue weighted by atomic mass is 32.1. The van der Waals surface area contributed by atoms with E-state index in [-0.39, 0.29) is 6.09 Å². The minimum Gasteiger partial charge on any atom is -0.450 e. The standard InChI is InChI=1S/C19H18FN3O4S/c1-3-27-19(26)22-9-8-13-14(10-22)28-17-15(13)16(24)23(18(25)21(17)2)12-6-4-11(20)5-7-12/h4-7H,3,8-10H2,1-2H3. The van der Waals surface area contributed by atoms with Crippen LogP contribution in [0.4, 0.5) is 9.18 Å². The van der Waals surface area contributed by atoms with Gasteiger partial charge in [-0.2, -0.15) is 0 Å². The van der Waals surface area contributed by atoms with Crippen LogP contribution < -0.4 is 11.2 Å². The number of carbonyl (C=O) groups excluding carboxylic acids is 1. The largest absolute Gasteiger partial charge is 0.450 e. The maximum Gasteiger partial charge on any atom is 0.410 e. The van der Waals surface area contributed by atoms with E-state index in [1.807, 2.05) is 0 Å². The fraction of sp³-hybridized carbons (Fsp3) is 0.316. The molecule has 0 N–H and O–H groups in total. The fourth-order valence-electron chi connectivity index (χ4n) is 3.47. The highest BCUT2D eigenvalue weighted by molar-refractivity contribution is 7.18. The van der Waals surface area contributed by atoms with E-state index < -0.39 is 17.1 Å². The number of halogens is 1. The van der Waals surface area contributed by atoms with Gasteiger partial charge in [0.15, 0.2) is 0 Å². The van der Waals surface area contributed by atoms with E-state index in [1.165, 1.54) is 40.2 Å². The van der Waals surface area contributed by atoms with Crippen molar-refractivity contribution in [3.8, 4) is 5.69 Å². The maximum atomic E-state index is 13.3. The molecule has 1 aromatic carbocycles. The summed E-state index contributed by atoms with van der Waals surface area (Å²) in [5.74, 6) is -0.443. The van der Waals surface area contributed by atoms with Crippen molar-refractivity contribution in [1.29, 1.82) is 0 Å². The van der Waals surface area contributed by atoms with Crippen LogP contribution in [0.1, 0.15) is 17.4 Å². The molecule has 0 bridgehead atoms. The number of aryl methyl sites for hydroxylation is 1. The molecule has 2 aromatic heterocycles. The third-order valence-electron chi connectivity index (χ3n) is 4.85. The molecular weight excluding hydrogens is 385 g/mol. The van der Waals surface area contributed by atoms with Crippen molar-refractivity contribution in [3.63, 3.8) is 0 Å². The molecule has 28 heavy (non-hydrogen) atoms. The van der Waals surface area contributed by atoms with Gasteiger partial charge in [-0.25, -0.2) is 18.5 Å². The number of rotatable bonds is 2. The van der Waals surface area contributed by atoms with E-state index in [2.05, 4.69) is 0 Å². The number of carbonyl (C=O) groups is 1. The lowest BCUT2D eigenvalue weighted by molar-refractivity contribution is 0.103. The Bertz CT molecular complexity index is 1190. The quantitative estimate of drug-likeness (QED) is 0.659. The molecule has 0 aliphatic carbocycles. The number of ether oxygens (including phenoxy) is 1. The third kappa shape index (κ3) is 2.82. The molecule has 3 heterocycles. The molecule has 146 valence electrons. The van der Waals surface area contributed by atoms with Gasteiger partial charge in [0.1, 0.15) is 10.6 Å². The molecular formula is C19H18FN3O4S. The van der Waals surface area contributed by atoms with Crippen LogP contribution in [-0.2, 0) is 24.8 Å². The molecule has 7 nitrogen and oxygen atoms in total. The first kappa shape index (κ1) is 18.4. The molecule has 9 heteroatoms. The summed E-state index contributed by atoms with van der Waals surface area (Å²) in [4.78, 5) is 41.1. The SMILES string of the molecule is CCOC(=O)N1CCc2c(sc3c2c(=O)n(-c2ccc(F)cc2)c(=O)n3C)C1. The lowest BCUT2D eigenvalue weighted by atomic mass is 10.1. The van der Waals surface area contributed by atoms with Crippen molar-refractivity contribution in [2.45, 2.75) is 19.9 Å². The number of hydrogen-bond acceptors (Lipinski definition) is 5. The van der Waals surface area contributed by atoms with E-state index in [0.29, 0.717) is 42.0 Å². The van der Waals surface area contributed by atoms with Crippen LogP contribution in [0.2, 0.25) is 0 Å². The molecule has 3 aromatic rings. The first-order chi connectivity index (χ1) is 13.4. The summed E-state index contributed by atoms with van der Waals surface area (Å²) in [6.45, 7) is 2.83. The molecule has 0 saturated carbocycles. The van der Waals surface area contributed by atoms with Crippen molar-refractivity contribution in [1.82, 2.24) is 14.0 Å². The Morgan fingerprint density at radius 3 is 2.64 bits per heavy atom. The predicted octanol–water partition coefficient (Wildman–Crippen LogP) is 2.40. The summed E-state index contributed by atoms with van der Waals surface area (Å²) in [7, 11) is 1.61. The normalized spacial score (nSPS) is 13.6. The number of fused-ring (bicyclic) bond motifs is 3. The maximum absolute atomic E-state index is 13.3. The second-order valence-electron chi connectivity index (χ2n) is 6.51. The van der Waals surface area contributed by atoms with E-state index in [0.717, 1.165) is 15.0 Å². The van der Waals surface area contributed by atoms with Crippen LogP contribution in [0.3, 0.4) is 0 Å². The Morgan fingerprint density at radius 1 is 1.25 bits per heavy atom. The van der Waals surface area contributed by atoms with Gasteiger partial charge in [-0.05, 0) is 43.2 Å². The zero-order chi connectivity index (χ0) is 20.0. The van der Waals surface area contributed by atoms with Crippen LogP contribution in [0.5, 0.6) is 0 Å². The van der Waals surface area contributed by atoms with Gasteiger partial charge in [0.2, 0.25) is 0 Å². The average Bonchev–Trinajstić information content (AvgIpc) is 3.07. The number of benzene rings is 1. The van der Waals surface area contributed by atoms with Crippen molar-refractivity contribution < 1.29 is 13.9 Å². The number of nitrogens with zero attached hydrogens (tertiary/aromatic N) is 3. The number of thiophene rings is 1. The van der Waals surface area contributed by atoms with Crippen molar-refractivity contribution >= 4 is 27.6 Å². The lowest BCUT2D eigenvalue weighted by Crippen LogP contribution is -2.38. The molecule has 0 atom stereocenters. The fourth-order valence-corrected chi connectivity index (χ4v) is 4.78. The Kier molecular flexibility index (Phi) is 4.54. The molecule has 0 radical (unpaired) electrons. The van der Waals surface area contributed by atoms with Crippen molar-refractivity contribution in [2.75, 3.05) is 13.2 Å². The Hall–Kier alpha value is -2.94. The van der Waals surface area contributed by atoms with Gasteiger partial charge < -0.3 is 9.64 Å². The average molecular weight is 403 g/mol. The van der Waals surface area contributed by atoms with Gasteiger partial charge in [-0.3, -0.25) is 9.36 Å². The molecule has 1 aliphatic rings. The molecule has 0 saturated heterocycles. The summed E-state index contributed by atoms with van der Waals surface area (Å²) in [5, 5.41) is 0.481. The Balaban J connectivity index is 1.89. The second kappa shape index (κ2) is 6.90. The van der Waals surface area contributed by atoms with Gasteiger partial charge in [-0.15, -0.1) is 11.3 Å². The van der Waals surface area contributed by atoms with E-state index in [9.17, 15) is 18.8 Å². The minimum absolute atomic E-state index is 0.297. The van der Waals surface area contributed by atoms with Gasteiger partial charge in [0, 0.05) is 18.5 Å². The molecule has 0 spiro atoms. The van der Waals surface area contributed by atoms with Crippen LogP contribution in [-0.4, -0.2) is 33.3 Å². The molecule has 0 fully saturated rings. The summed E-state index contributed by atoms with van der Waals surface area (Å²) >= 11 is 1.34. The lowest BCUT2D eigenvalue weighted by Gasteiger charge is -2.25. The topological polar surface area (TPSA) is 73.5 Å². The van der Waals surface area contributed by atoms with Gasteiger partial charge >= 0.3 is 11.8 Å². The smallest absolute Gasteiger partial charge is 0.410 e. The number of hydrogen-bond donors (Lipinski definition) is 0. The molecule has 1 amide bonds. The van der Waals surface area contributed by atoms with Crippen molar-refractivity contribution in [3.05, 3.63) is 61.4 Å². The minimum atomic E-state index is -0.495. The van der Waals surface area contributed by atoms with Crippen molar-refractivity contribution in [2.24, 2.45) is 7.05 Å². The highest BCUT2D eigenvalue weighted by Crippen LogP contribution is 2.33. The van der Waals surface area contributed by atoms with Crippen LogP contribution in [0.25, 0.3) is 15.9 Å². The third-order valence-corrected chi connectivity index (χ3v) is 6.14. The zero-order valence-electron chi connectivity index (χ0n) is 15.4. The summed E-state index contributed by atoms with van der Waals surface area (Å²) < 4.78 is 20.8. The highest BCUT2D eigenvalue weighted by Gasteiger charge is 2.28. The van der Waals surface area contributed by atoms with E-state index in [1.54, 1.807) is 18.9 Å². The first-order valence-corrected chi connectivity index (χ1v) is 9.68. The monoisotopic (exact) mass is 403 g/mol.